The van der Waals surface area contributed by atoms with E-state index >= 15 is 0 Å². The van der Waals surface area contributed by atoms with E-state index in [4.69, 9.17) is 0 Å². The molecule has 0 spiro atoms. The maximum Gasteiger partial charge on any atom is 0.252 e. The Morgan fingerprint density at radius 3 is 2.84 bits per heavy atom. The lowest BCUT2D eigenvalue weighted by molar-refractivity contribution is 0.0954. The monoisotopic (exact) mass is 276 g/mol. The molecular weight excluding hydrogens is 260 g/mol. The van der Waals surface area contributed by atoms with Crippen molar-refractivity contribution in [1.82, 2.24) is 15.3 Å². The van der Waals surface area contributed by atoms with Crippen LogP contribution < -0.4 is 10.6 Å². The molecule has 0 aliphatic carbocycles. The van der Waals surface area contributed by atoms with Crippen LogP contribution in [0.4, 0.5) is 5.82 Å². The van der Waals surface area contributed by atoms with E-state index in [1.165, 1.54) is 0 Å². The van der Waals surface area contributed by atoms with Crippen molar-refractivity contribution in [3.8, 4) is 0 Å². The first-order chi connectivity index (χ1) is 9.19. The highest BCUT2D eigenvalue weighted by molar-refractivity contribution is 7.09. The highest BCUT2D eigenvalue weighted by atomic mass is 32.1. The van der Waals surface area contributed by atoms with E-state index in [0.717, 1.165) is 22.9 Å². The SMILES string of the molecule is CNc1ccc(C(=O)NCCc2csc(C)n2)cn1. The molecule has 5 nitrogen and oxygen atoms in total. The molecule has 0 fully saturated rings. The lowest BCUT2D eigenvalue weighted by Crippen LogP contribution is -2.25. The molecule has 0 saturated carbocycles. The Kier molecular flexibility index (Phi) is 4.46. The smallest absolute Gasteiger partial charge is 0.252 e. The number of hydrogen-bond donors (Lipinski definition) is 2. The van der Waals surface area contributed by atoms with E-state index in [1.54, 1.807) is 36.7 Å². The van der Waals surface area contributed by atoms with Crippen LogP contribution >= 0.6 is 11.3 Å². The number of carbonyl (C=O) groups is 1. The first-order valence-electron chi connectivity index (χ1n) is 6.02. The van der Waals surface area contributed by atoms with Crippen LogP contribution in [0.1, 0.15) is 21.1 Å². The molecule has 0 aliphatic heterocycles. The number of rotatable bonds is 5. The Balaban J connectivity index is 1.83. The molecule has 2 aromatic heterocycles. The molecule has 2 rings (SSSR count). The quantitative estimate of drug-likeness (QED) is 0.874. The number of aryl methyl sites for hydroxylation is 1. The average molecular weight is 276 g/mol. The van der Waals surface area contributed by atoms with Gasteiger partial charge in [0.05, 0.1) is 16.3 Å². The number of carbonyl (C=O) groups excluding carboxylic acids is 1. The van der Waals surface area contributed by atoms with Crippen molar-refractivity contribution in [2.75, 3.05) is 18.9 Å². The van der Waals surface area contributed by atoms with E-state index in [9.17, 15) is 4.79 Å². The van der Waals surface area contributed by atoms with Gasteiger partial charge in [0.2, 0.25) is 0 Å². The molecule has 0 radical (unpaired) electrons. The van der Waals surface area contributed by atoms with Crippen molar-refractivity contribution in [1.29, 1.82) is 0 Å². The molecule has 0 bridgehead atoms. The zero-order valence-electron chi connectivity index (χ0n) is 10.9. The van der Waals surface area contributed by atoms with Crippen LogP contribution in [-0.2, 0) is 6.42 Å². The summed E-state index contributed by atoms with van der Waals surface area (Å²) in [6, 6.07) is 3.53. The van der Waals surface area contributed by atoms with Gasteiger partial charge >= 0.3 is 0 Å². The lowest BCUT2D eigenvalue weighted by Gasteiger charge is -2.04. The largest absolute Gasteiger partial charge is 0.373 e. The lowest BCUT2D eigenvalue weighted by atomic mass is 10.2. The minimum atomic E-state index is -0.109. The van der Waals surface area contributed by atoms with Crippen LogP contribution in [0, 0.1) is 6.92 Å². The van der Waals surface area contributed by atoms with Crippen molar-refractivity contribution >= 4 is 23.1 Å². The van der Waals surface area contributed by atoms with Gasteiger partial charge in [-0.05, 0) is 19.1 Å². The van der Waals surface area contributed by atoms with Gasteiger partial charge in [-0.15, -0.1) is 11.3 Å². The Bertz CT molecular complexity index is 550. The maximum absolute atomic E-state index is 11.9. The fourth-order valence-electron chi connectivity index (χ4n) is 1.61. The topological polar surface area (TPSA) is 66.9 Å². The van der Waals surface area contributed by atoms with Crippen LogP contribution in [0.3, 0.4) is 0 Å². The number of aromatic nitrogens is 2. The fraction of sp³-hybridized carbons (Fsp3) is 0.308. The molecule has 2 heterocycles. The number of nitrogens with zero attached hydrogens (tertiary/aromatic N) is 2. The molecule has 2 aromatic rings. The standard InChI is InChI=1S/C13H16N4OS/c1-9-17-11(8-19-9)5-6-15-13(18)10-3-4-12(14-2)16-7-10/h3-4,7-8H,5-6H2,1-2H3,(H,14,16)(H,15,18). The Morgan fingerprint density at radius 1 is 1.42 bits per heavy atom. The van der Waals surface area contributed by atoms with Gasteiger partial charge in [-0.1, -0.05) is 0 Å². The summed E-state index contributed by atoms with van der Waals surface area (Å²) in [6.45, 7) is 2.55. The second kappa shape index (κ2) is 6.29. The summed E-state index contributed by atoms with van der Waals surface area (Å²) < 4.78 is 0. The van der Waals surface area contributed by atoms with Crippen LogP contribution in [0.5, 0.6) is 0 Å². The third kappa shape index (κ3) is 3.75. The first-order valence-corrected chi connectivity index (χ1v) is 6.90. The Hall–Kier alpha value is -1.95. The summed E-state index contributed by atoms with van der Waals surface area (Å²) in [5.74, 6) is 0.636. The predicted molar refractivity (Wildman–Crippen MR) is 76.7 cm³/mol. The van der Waals surface area contributed by atoms with E-state index in [-0.39, 0.29) is 5.91 Å². The number of anilines is 1. The second-order valence-corrected chi connectivity index (χ2v) is 5.11. The van der Waals surface area contributed by atoms with Gasteiger partial charge in [-0.3, -0.25) is 4.79 Å². The molecule has 2 N–H and O–H groups in total. The van der Waals surface area contributed by atoms with E-state index in [1.807, 2.05) is 12.3 Å². The van der Waals surface area contributed by atoms with E-state index in [0.29, 0.717) is 12.1 Å². The van der Waals surface area contributed by atoms with Crippen LogP contribution in [0.2, 0.25) is 0 Å². The number of thiazole rings is 1. The summed E-state index contributed by atoms with van der Waals surface area (Å²) in [7, 11) is 1.79. The van der Waals surface area contributed by atoms with Crippen LogP contribution in [0.25, 0.3) is 0 Å². The third-order valence-corrected chi connectivity index (χ3v) is 3.44. The molecule has 1 amide bonds. The van der Waals surface area contributed by atoms with E-state index < -0.39 is 0 Å². The Morgan fingerprint density at radius 2 is 2.26 bits per heavy atom. The zero-order chi connectivity index (χ0) is 13.7. The van der Waals surface area contributed by atoms with Gasteiger partial charge in [0.15, 0.2) is 0 Å². The summed E-state index contributed by atoms with van der Waals surface area (Å²) >= 11 is 1.62. The van der Waals surface area contributed by atoms with Gasteiger partial charge in [-0.2, -0.15) is 0 Å². The molecule has 0 aromatic carbocycles. The van der Waals surface area contributed by atoms with Crippen molar-refractivity contribution in [2.45, 2.75) is 13.3 Å². The minimum absolute atomic E-state index is 0.109. The fourth-order valence-corrected chi connectivity index (χ4v) is 2.25. The second-order valence-electron chi connectivity index (χ2n) is 4.05. The van der Waals surface area contributed by atoms with Crippen molar-refractivity contribution < 1.29 is 4.79 Å². The summed E-state index contributed by atoms with van der Waals surface area (Å²) in [6.07, 6.45) is 2.31. The van der Waals surface area contributed by atoms with Gasteiger partial charge in [-0.25, -0.2) is 9.97 Å². The highest BCUT2D eigenvalue weighted by Crippen LogP contribution is 2.08. The maximum atomic E-state index is 11.9. The van der Waals surface area contributed by atoms with Gasteiger partial charge < -0.3 is 10.6 Å². The average Bonchev–Trinajstić information content (AvgIpc) is 2.84. The number of pyridine rings is 1. The minimum Gasteiger partial charge on any atom is -0.373 e. The van der Waals surface area contributed by atoms with Crippen molar-refractivity contribution in [3.05, 3.63) is 40.0 Å². The van der Waals surface area contributed by atoms with Crippen LogP contribution in [-0.4, -0.2) is 29.5 Å². The number of nitrogens with one attached hydrogen (secondary N) is 2. The molecule has 0 unspecified atom stereocenters. The molecule has 100 valence electrons. The predicted octanol–water partition coefficient (Wildman–Crippen LogP) is 1.86. The summed E-state index contributed by atoms with van der Waals surface area (Å²) in [5.41, 5.74) is 1.58. The first kappa shape index (κ1) is 13.5. The molecular formula is C13H16N4OS. The van der Waals surface area contributed by atoms with Gasteiger partial charge in [0.25, 0.3) is 5.91 Å². The van der Waals surface area contributed by atoms with Gasteiger partial charge in [0.1, 0.15) is 5.82 Å². The van der Waals surface area contributed by atoms with Crippen molar-refractivity contribution in [3.63, 3.8) is 0 Å². The zero-order valence-corrected chi connectivity index (χ0v) is 11.8. The summed E-state index contributed by atoms with van der Waals surface area (Å²) in [4.78, 5) is 20.3. The number of hydrogen-bond acceptors (Lipinski definition) is 5. The Labute approximate surface area is 116 Å². The van der Waals surface area contributed by atoms with Crippen molar-refractivity contribution in [2.24, 2.45) is 0 Å². The highest BCUT2D eigenvalue weighted by Gasteiger charge is 2.06. The van der Waals surface area contributed by atoms with Gasteiger partial charge in [0, 0.05) is 31.6 Å². The normalized spacial score (nSPS) is 10.2. The van der Waals surface area contributed by atoms with Crippen LogP contribution in [0.15, 0.2) is 23.7 Å². The molecule has 0 atom stereocenters. The number of amides is 1. The van der Waals surface area contributed by atoms with E-state index in [2.05, 4.69) is 20.6 Å². The molecule has 6 heteroatoms. The summed E-state index contributed by atoms with van der Waals surface area (Å²) in [5, 5.41) is 8.84. The third-order valence-electron chi connectivity index (χ3n) is 2.62. The molecule has 0 saturated heterocycles. The molecule has 19 heavy (non-hydrogen) atoms. The molecule has 0 aliphatic rings.